The van der Waals surface area contributed by atoms with Gasteiger partial charge in [-0.15, -0.1) is 0 Å². The minimum Gasteiger partial charge on any atom is -0.462 e. The van der Waals surface area contributed by atoms with E-state index in [1.807, 2.05) is 0 Å². The van der Waals surface area contributed by atoms with E-state index >= 15 is 0 Å². The van der Waals surface area contributed by atoms with Crippen LogP contribution in [-0.2, 0) is 28.6 Å². The van der Waals surface area contributed by atoms with Gasteiger partial charge < -0.3 is 14.2 Å². The van der Waals surface area contributed by atoms with Crippen LogP contribution in [-0.4, -0.2) is 37.2 Å². The van der Waals surface area contributed by atoms with Gasteiger partial charge in [-0.3, -0.25) is 14.4 Å². The summed E-state index contributed by atoms with van der Waals surface area (Å²) in [6, 6.07) is 0. The molecule has 0 heterocycles. The molecular formula is C59H114O6. The van der Waals surface area contributed by atoms with Crippen LogP contribution >= 0.6 is 0 Å². The summed E-state index contributed by atoms with van der Waals surface area (Å²) in [5, 5.41) is 0. The van der Waals surface area contributed by atoms with Gasteiger partial charge in [0.1, 0.15) is 13.2 Å². The minimum atomic E-state index is -0.761. The molecule has 6 nitrogen and oxygen atoms in total. The van der Waals surface area contributed by atoms with Crippen LogP contribution in [0, 0.1) is 5.92 Å². The summed E-state index contributed by atoms with van der Waals surface area (Å²) in [5.74, 6) is 0.0576. The van der Waals surface area contributed by atoms with E-state index in [1.165, 1.54) is 231 Å². The normalized spacial score (nSPS) is 12.4. The molecule has 0 bridgehead atoms. The van der Waals surface area contributed by atoms with E-state index in [2.05, 4.69) is 27.7 Å². The monoisotopic (exact) mass is 919 g/mol. The van der Waals surface area contributed by atoms with Gasteiger partial charge in [-0.25, -0.2) is 0 Å². The maximum atomic E-state index is 12.8. The van der Waals surface area contributed by atoms with Crippen molar-refractivity contribution in [2.24, 2.45) is 5.92 Å². The lowest BCUT2D eigenvalue weighted by Crippen LogP contribution is -2.30. The maximum Gasteiger partial charge on any atom is 0.306 e. The summed E-state index contributed by atoms with van der Waals surface area (Å²) in [6.45, 7) is 9.09. The van der Waals surface area contributed by atoms with Crippen LogP contribution < -0.4 is 0 Å². The molecule has 0 N–H and O–H groups in total. The Bertz CT molecular complexity index is 982. The smallest absolute Gasteiger partial charge is 0.306 e. The number of hydrogen-bond acceptors (Lipinski definition) is 6. The number of hydrogen-bond donors (Lipinski definition) is 0. The fourth-order valence-corrected chi connectivity index (χ4v) is 9.07. The van der Waals surface area contributed by atoms with Crippen molar-refractivity contribution in [3.8, 4) is 0 Å². The van der Waals surface area contributed by atoms with Gasteiger partial charge in [-0.1, -0.05) is 297 Å². The van der Waals surface area contributed by atoms with Gasteiger partial charge in [0.05, 0.1) is 0 Å². The Balaban J connectivity index is 4.23. The Kier molecular flexibility index (Phi) is 52.1. The van der Waals surface area contributed by atoms with E-state index in [4.69, 9.17) is 14.2 Å². The highest BCUT2D eigenvalue weighted by atomic mass is 16.6. The first kappa shape index (κ1) is 63.4. The summed E-state index contributed by atoms with van der Waals surface area (Å²) in [6.07, 6.45) is 58.1. The van der Waals surface area contributed by atoms with E-state index < -0.39 is 6.10 Å². The Morgan fingerprint density at radius 2 is 0.538 bits per heavy atom. The molecule has 0 aliphatic carbocycles. The van der Waals surface area contributed by atoms with Crippen LogP contribution in [0.1, 0.15) is 336 Å². The Morgan fingerprint density at radius 3 is 0.800 bits per heavy atom. The molecule has 0 aromatic carbocycles. The molecule has 0 fully saturated rings. The molecule has 0 saturated carbocycles. The molecule has 0 aliphatic rings. The summed E-state index contributed by atoms with van der Waals surface area (Å²) in [7, 11) is 0. The van der Waals surface area contributed by atoms with Crippen LogP contribution in [0.4, 0.5) is 0 Å². The average molecular weight is 920 g/mol. The molecule has 0 amide bonds. The number of carbonyl (C=O) groups is 3. The summed E-state index contributed by atoms with van der Waals surface area (Å²) < 4.78 is 16.9. The van der Waals surface area contributed by atoms with Crippen LogP contribution in [0.3, 0.4) is 0 Å². The number of esters is 3. The number of carbonyl (C=O) groups excluding carboxylic acids is 3. The second-order valence-electron chi connectivity index (χ2n) is 20.5. The predicted octanol–water partition coefficient (Wildman–Crippen LogP) is 19.4. The second kappa shape index (κ2) is 53.4. The third kappa shape index (κ3) is 51.6. The first-order valence-corrected chi connectivity index (χ1v) is 29.4. The van der Waals surface area contributed by atoms with Crippen molar-refractivity contribution in [1.29, 1.82) is 0 Å². The topological polar surface area (TPSA) is 78.9 Å². The minimum absolute atomic E-state index is 0.0619. The first-order chi connectivity index (χ1) is 31.9. The van der Waals surface area contributed by atoms with Crippen molar-refractivity contribution in [2.45, 2.75) is 342 Å². The molecule has 0 rings (SSSR count). The zero-order valence-corrected chi connectivity index (χ0v) is 44.5. The van der Waals surface area contributed by atoms with Crippen molar-refractivity contribution < 1.29 is 28.6 Å². The molecule has 0 saturated heterocycles. The maximum absolute atomic E-state index is 12.8. The van der Waals surface area contributed by atoms with Crippen LogP contribution in [0.25, 0.3) is 0 Å². The lowest BCUT2D eigenvalue weighted by atomic mass is 9.99. The van der Waals surface area contributed by atoms with Crippen molar-refractivity contribution in [3.63, 3.8) is 0 Å². The highest BCUT2D eigenvalue weighted by Gasteiger charge is 2.19. The summed E-state index contributed by atoms with van der Waals surface area (Å²) in [5.41, 5.74) is 0. The molecule has 0 radical (unpaired) electrons. The van der Waals surface area contributed by atoms with Crippen molar-refractivity contribution in [2.75, 3.05) is 13.2 Å². The third-order valence-corrected chi connectivity index (χ3v) is 13.9. The Morgan fingerprint density at radius 1 is 0.308 bits per heavy atom. The van der Waals surface area contributed by atoms with Crippen molar-refractivity contribution in [3.05, 3.63) is 0 Å². The zero-order chi connectivity index (χ0) is 47.4. The van der Waals surface area contributed by atoms with Gasteiger partial charge >= 0.3 is 17.9 Å². The summed E-state index contributed by atoms with van der Waals surface area (Å²) >= 11 is 0. The van der Waals surface area contributed by atoms with Crippen molar-refractivity contribution >= 4 is 17.9 Å². The number of unbranched alkanes of at least 4 members (excludes halogenated alkanes) is 40. The lowest BCUT2D eigenvalue weighted by Gasteiger charge is -2.18. The van der Waals surface area contributed by atoms with Crippen molar-refractivity contribution in [1.82, 2.24) is 0 Å². The molecule has 2 atom stereocenters. The highest BCUT2D eigenvalue weighted by molar-refractivity contribution is 5.71. The Labute approximate surface area is 406 Å². The summed E-state index contributed by atoms with van der Waals surface area (Å²) in [4.78, 5) is 38.1. The van der Waals surface area contributed by atoms with E-state index in [1.54, 1.807) is 0 Å². The Hall–Kier alpha value is -1.59. The van der Waals surface area contributed by atoms with E-state index in [0.29, 0.717) is 19.3 Å². The van der Waals surface area contributed by atoms with Crippen LogP contribution in [0.2, 0.25) is 0 Å². The fourth-order valence-electron chi connectivity index (χ4n) is 9.07. The SMILES string of the molecule is CCCCCCCCCCCCCCCCCCCCCC(=O)OC[C@H](COC(=O)CCCCCCCCCCCC)OC(=O)CCCCCCCCCCCCCCCCC(C)CC. The highest BCUT2D eigenvalue weighted by Crippen LogP contribution is 2.18. The molecule has 6 heteroatoms. The standard InChI is InChI=1S/C59H114O6/c1-5-8-10-12-14-16-18-19-20-21-22-23-24-28-31-35-39-43-47-51-58(61)64-54-56(53-63-57(60)50-46-42-38-34-17-15-13-11-9-6-2)65-59(62)52-48-44-40-36-32-29-26-25-27-30-33-37-41-45-49-55(4)7-3/h55-56H,5-54H2,1-4H3/t55?,56-/m0/s1. The predicted molar refractivity (Wildman–Crippen MR) is 280 cm³/mol. The largest absolute Gasteiger partial charge is 0.462 e. The average Bonchev–Trinajstić information content (AvgIpc) is 3.30. The molecule has 1 unspecified atom stereocenters. The van der Waals surface area contributed by atoms with Crippen LogP contribution in [0.5, 0.6) is 0 Å². The molecular weight excluding hydrogens is 805 g/mol. The van der Waals surface area contributed by atoms with Gasteiger partial charge in [0, 0.05) is 19.3 Å². The molecule has 0 aliphatic heterocycles. The molecule has 386 valence electrons. The molecule has 0 aromatic heterocycles. The van der Waals surface area contributed by atoms with Gasteiger partial charge in [0.2, 0.25) is 0 Å². The van der Waals surface area contributed by atoms with E-state index in [0.717, 1.165) is 63.7 Å². The molecule has 65 heavy (non-hydrogen) atoms. The van der Waals surface area contributed by atoms with Gasteiger partial charge in [0.25, 0.3) is 0 Å². The fraction of sp³-hybridized carbons (Fsp3) is 0.949. The number of ether oxygens (including phenoxy) is 3. The van der Waals surface area contributed by atoms with Gasteiger partial charge in [-0.2, -0.15) is 0 Å². The van der Waals surface area contributed by atoms with Gasteiger partial charge in [-0.05, 0) is 25.2 Å². The van der Waals surface area contributed by atoms with E-state index in [-0.39, 0.29) is 31.1 Å². The molecule has 0 spiro atoms. The van der Waals surface area contributed by atoms with Gasteiger partial charge in [0.15, 0.2) is 6.10 Å². The third-order valence-electron chi connectivity index (χ3n) is 13.9. The second-order valence-corrected chi connectivity index (χ2v) is 20.5. The zero-order valence-electron chi connectivity index (χ0n) is 44.5. The first-order valence-electron chi connectivity index (χ1n) is 29.4. The number of rotatable bonds is 54. The van der Waals surface area contributed by atoms with Crippen LogP contribution in [0.15, 0.2) is 0 Å². The van der Waals surface area contributed by atoms with E-state index in [9.17, 15) is 14.4 Å². The quantitative estimate of drug-likeness (QED) is 0.0344. The lowest BCUT2D eigenvalue weighted by molar-refractivity contribution is -0.167. The molecule has 0 aromatic rings.